The lowest BCUT2D eigenvalue weighted by molar-refractivity contribution is 0.401. The molecule has 0 spiro atoms. The molecule has 0 radical (unpaired) electrons. The predicted molar refractivity (Wildman–Crippen MR) is 47.3 cm³/mol. The molecule has 0 N–H and O–H groups in total. The van der Waals surface area contributed by atoms with Gasteiger partial charge in [0, 0.05) is 16.6 Å². The maximum atomic E-state index is 6.01. The molecule has 1 rings (SSSR count). The van der Waals surface area contributed by atoms with E-state index in [1.807, 2.05) is 0 Å². The van der Waals surface area contributed by atoms with Gasteiger partial charge in [-0.3, -0.25) is 0 Å². The fourth-order valence-electron chi connectivity index (χ4n) is 1.30. The average molecular weight is 202 g/mol. The Balaban J connectivity index is 2.36. The molecule has 0 amide bonds. The second-order valence-electron chi connectivity index (χ2n) is 2.84. The van der Waals surface area contributed by atoms with Crippen molar-refractivity contribution in [3.05, 3.63) is 0 Å². The van der Waals surface area contributed by atoms with E-state index >= 15 is 0 Å². The third kappa shape index (κ3) is 2.18. The van der Waals surface area contributed by atoms with Crippen molar-refractivity contribution in [1.29, 1.82) is 0 Å². The number of alkyl halides is 3. The summed E-state index contributed by atoms with van der Waals surface area (Å²) >= 11 is 17.6. The van der Waals surface area contributed by atoms with Crippen LogP contribution in [0, 0.1) is 5.92 Å². The first kappa shape index (κ1) is 8.96. The minimum absolute atomic E-state index is 0.203. The van der Waals surface area contributed by atoms with E-state index < -0.39 is 0 Å². The first-order valence-electron chi connectivity index (χ1n) is 3.58. The van der Waals surface area contributed by atoms with E-state index in [1.54, 1.807) is 0 Å². The summed E-state index contributed by atoms with van der Waals surface area (Å²) in [4.78, 5) is 0. The maximum Gasteiger partial charge on any atom is 0.0389 e. The molecule has 1 saturated carbocycles. The van der Waals surface area contributed by atoms with Crippen molar-refractivity contribution in [3.63, 3.8) is 0 Å². The zero-order chi connectivity index (χ0) is 7.56. The molecule has 0 heterocycles. The van der Waals surface area contributed by atoms with E-state index in [4.69, 9.17) is 34.8 Å². The Hall–Kier alpha value is 0.870. The second kappa shape index (κ2) is 4.04. The Morgan fingerprint density at radius 3 is 2.40 bits per heavy atom. The minimum atomic E-state index is 0.203. The van der Waals surface area contributed by atoms with E-state index in [9.17, 15) is 0 Å². The molecule has 0 saturated heterocycles. The smallest absolute Gasteiger partial charge is 0.0389 e. The van der Waals surface area contributed by atoms with Gasteiger partial charge in [0.15, 0.2) is 0 Å². The van der Waals surface area contributed by atoms with Crippen molar-refractivity contribution in [3.8, 4) is 0 Å². The van der Waals surface area contributed by atoms with Crippen molar-refractivity contribution in [2.45, 2.75) is 30.0 Å². The maximum absolute atomic E-state index is 6.01. The van der Waals surface area contributed by atoms with Crippen LogP contribution in [0.2, 0.25) is 0 Å². The Morgan fingerprint density at radius 2 is 1.90 bits per heavy atom. The van der Waals surface area contributed by atoms with E-state index in [-0.39, 0.29) is 10.8 Å². The molecule has 1 aliphatic carbocycles. The van der Waals surface area contributed by atoms with E-state index in [2.05, 4.69) is 0 Å². The van der Waals surface area contributed by atoms with Crippen molar-refractivity contribution < 1.29 is 0 Å². The van der Waals surface area contributed by atoms with Gasteiger partial charge < -0.3 is 0 Å². The lowest BCUT2D eigenvalue weighted by atomic mass is 9.90. The monoisotopic (exact) mass is 200 g/mol. The van der Waals surface area contributed by atoms with Crippen LogP contribution in [-0.2, 0) is 0 Å². The van der Waals surface area contributed by atoms with Crippen molar-refractivity contribution in [1.82, 2.24) is 0 Å². The van der Waals surface area contributed by atoms with Crippen LogP contribution < -0.4 is 0 Å². The van der Waals surface area contributed by atoms with Crippen LogP contribution >= 0.6 is 34.8 Å². The van der Waals surface area contributed by atoms with Gasteiger partial charge >= 0.3 is 0 Å². The van der Waals surface area contributed by atoms with E-state index in [1.165, 1.54) is 0 Å². The molecule has 1 fully saturated rings. The number of rotatable bonds is 1. The zero-order valence-corrected chi connectivity index (χ0v) is 7.96. The summed E-state index contributed by atoms with van der Waals surface area (Å²) in [7, 11) is 0. The summed E-state index contributed by atoms with van der Waals surface area (Å²) in [6, 6.07) is 0. The molecule has 0 aromatic heterocycles. The van der Waals surface area contributed by atoms with Gasteiger partial charge in [0.05, 0.1) is 0 Å². The minimum Gasteiger partial charge on any atom is -0.126 e. The number of hydrogen-bond acceptors (Lipinski definition) is 0. The Labute approximate surface area is 76.8 Å². The largest absolute Gasteiger partial charge is 0.126 e. The van der Waals surface area contributed by atoms with Crippen LogP contribution in [0.5, 0.6) is 0 Å². The van der Waals surface area contributed by atoms with Crippen molar-refractivity contribution in [2.24, 2.45) is 5.92 Å². The van der Waals surface area contributed by atoms with Gasteiger partial charge in [-0.1, -0.05) is 0 Å². The van der Waals surface area contributed by atoms with Crippen LogP contribution in [0.1, 0.15) is 19.3 Å². The van der Waals surface area contributed by atoms with Crippen LogP contribution in [0.4, 0.5) is 0 Å². The van der Waals surface area contributed by atoms with E-state index in [0.29, 0.717) is 11.8 Å². The molecular weight excluding hydrogens is 190 g/mol. The molecule has 0 aliphatic heterocycles. The fourth-order valence-corrected chi connectivity index (χ4v) is 2.60. The SMILES string of the molecule is ClCC1CCC(Cl)CC1Cl. The fraction of sp³-hybridized carbons (Fsp3) is 1.00. The molecule has 3 heteroatoms. The molecule has 10 heavy (non-hydrogen) atoms. The molecule has 0 bridgehead atoms. The van der Waals surface area contributed by atoms with Gasteiger partial charge in [-0.2, -0.15) is 0 Å². The molecule has 0 nitrogen and oxygen atoms in total. The lowest BCUT2D eigenvalue weighted by Crippen LogP contribution is -2.26. The Bertz CT molecular complexity index is 105. The normalized spacial score (nSPS) is 41.7. The highest BCUT2D eigenvalue weighted by atomic mass is 35.5. The lowest BCUT2D eigenvalue weighted by Gasteiger charge is -2.28. The zero-order valence-electron chi connectivity index (χ0n) is 5.69. The van der Waals surface area contributed by atoms with Gasteiger partial charge in [0.1, 0.15) is 0 Å². The van der Waals surface area contributed by atoms with Gasteiger partial charge in [-0.05, 0) is 25.2 Å². The van der Waals surface area contributed by atoms with Gasteiger partial charge in [-0.15, -0.1) is 34.8 Å². The quantitative estimate of drug-likeness (QED) is 0.572. The van der Waals surface area contributed by atoms with E-state index in [0.717, 1.165) is 19.3 Å². The summed E-state index contributed by atoms with van der Waals surface area (Å²) < 4.78 is 0. The van der Waals surface area contributed by atoms with Crippen molar-refractivity contribution in [2.75, 3.05) is 5.88 Å². The molecule has 0 aromatic carbocycles. The average Bonchev–Trinajstić information content (AvgIpc) is 1.88. The topological polar surface area (TPSA) is 0 Å². The highest BCUT2D eigenvalue weighted by molar-refractivity contribution is 6.24. The van der Waals surface area contributed by atoms with Crippen molar-refractivity contribution >= 4 is 34.8 Å². The Morgan fingerprint density at radius 1 is 1.20 bits per heavy atom. The highest BCUT2D eigenvalue weighted by Crippen LogP contribution is 2.32. The van der Waals surface area contributed by atoms with Crippen LogP contribution in [0.15, 0.2) is 0 Å². The van der Waals surface area contributed by atoms with Crippen LogP contribution in [0.25, 0.3) is 0 Å². The summed E-state index contributed by atoms with van der Waals surface area (Å²) in [5.74, 6) is 1.16. The third-order valence-electron chi connectivity index (χ3n) is 2.04. The predicted octanol–water partition coefficient (Wildman–Crippen LogP) is 3.24. The van der Waals surface area contributed by atoms with Crippen LogP contribution in [-0.4, -0.2) is 16.6 Å². The van der Waals surface area contributed by atoms with Gasteiger partial charge in [0.25, 0.3) is 0 Å². The molecule has 3 unspecified atom stereocenters. The molecule has 60 valence electrons. The summed E-state index contributed by atoms with van der Waals surface area (Å²) in [5, 5.41) is 0.482. The summed E-state index contributed by atoms with van der Waals surface area (Å²) in [6.45, 7) is 0. The first-order valence-corrected chi connectivity index (χ1v) is 4.99. The Kier molecular flexibility index (Phi) is 3.62. The van der Waals surface area contributed by atoms with Crippen LogP contribution in [0.3, 0.4) is 0 Å². The standard InChI is InChI=1S/C7H11Cl3/c8-4-5-1-2-6(9)3-7(5)10/h5-7H,1-4H2. The van der Waals surface area contributed by atoms with Gasteiger partial charge in [-0.25, -0.2) is 0 Å². The third-order valence-corrected chi connectivity index (χ3v) is 3.37. The molecule has 0 aromatic rings. The summed E-state index contributed by atoms with van der Waals surface area (Å²) in [6.07, 6.45) is 3.08. The molecule has 3 atom stereocenters. The summed E-state index contributed by atoms with van der Waals surface area (Å²) in [5.41, 5.74) is 0. The highest BCUT2D eigenvalue weighted by Gasteiger charge is 2.26. The number of halogens is 3. The molecule has 1 aliphatic rings. The number of hydrogen-bond donors (Lipinski definition) is 0. The molecular formula is C7H11Cl3. The first-order chi connectivity index (χ1) is 4.74. The second-order valence-corrected chi connectivity index (χ2v) is 4.33. The van der Waals surface area contributed by atoms with Gasteiger partial charge in [0.2, 0.25) is 0 Å².